The standard InChI is InChI=1S/C55H63ClN4O8Si/c1-6-67-44-19-23-48-39(28-44)29-47(57-24-9-10-25-61)53(64)60(48)41-15-11-12-36(26-41)32-59-49-22-16-40(56)30-46(49)55(54(59)65)35(2)52(69(4,5)45-20-17-43(66-3)18-21-45)50(68-55)31-51(63)58-33-38-14-8-7-13-37(38)27-42(58)34-62/h7-8,11-23,26,28,30,35,42,47,50,52,57,61-62H,6,9-10,24-25,27,29,31-34H2,1-5H3/t35-,42-,47?,50+,52-,55+/m0/s1. The number of hydrogen-bond donors (Lipinski definition) is 3. The fraction of sp³-hybridized carbons (Fsp3) is 0.400. The molecule has 69 heavy (non-hydrogen) atoms. The molecule has 5 aromatic carbocycles. The minimum atomic E-state index is -2.62. The third-order valence-electron chi connectivity index (χ3n) is 15.1. The maximum Gasteiger partial charge on any atom is 0.264 e. The molecule has 6 atom stereocenters. The molecule has 1 spiro atoms. The molecule has 12 nitrogen and oxygen atoms in total. The molecule has 1 saturated heterocycles. The van der Waals surface area contributed by atoms with Crippen LogP contribution in [-0.4, -0.2) is 92.6 Å². The third-order valence-corrected chi connectivity index (χ3v) is 19.7. The molecule has 3 N–H and O–H groups in total. The molecule has 4 heterocycles. The normalized spacial score (nSPS) is 23.0. The van der Waals surface area contributed by atoms with Gasteiger partial charge in [-0.1, -0.05) is 85.3 Å². The Balaban J connectivity index is 1.07. The van der Waals surface area contributed by atoms with Crippen LogP contribution in [0.2, 0.25) is 23.7 Å². The average molecular weight is 972 g/mol. The molecular weight excluding hydrogens is 908 g/mol. The van der Waals surface area contributed by atoms with E-state index >= 15 is 4.79 Å². The Labute approximate surface area is 411 Å². The van der Waals surface area contributed by atoms with Crippen molar-refractivity contribution in [3.05, 3.63) is 142 Å². The van der Waals surface area contributed by atoms with Crippen molar-refractivity contribution in [1.82, 2.24) is 10.2 Å². The quantitative estimate of drug-likeness (QED) is 0.0668. The van der Waals surface area contributed by atoms with Gasteiger partial charge in [0, 0.05) is 35.3 Å². The highest BCUT2D eigenvalue weighted by atomic mass is 35.5. The van der Waals surface area contributed by atoms with Gasteiger partial charge in [0.1, 0.15) is 11.5 Å². The molecule has 0 aromatic heterocycles. The van der Waals surface area contributed by atoms with Crippen LogP contribution in [0, 0.1) is 5.92 Å². The van der Waals surface area contributed by atoms with Crippen LogP contribution in [0.25, 0.3) is 0 Å². The number of unbranched alkanes of at least 4 members (excludes halogenated alkanes) is 1. The highest BCUT2D eigenvalue weighted by molar-refractivity contribution is 6.91. The van der Waals surface area contributed by atoms with Crippen LogP contribution in [-0.2, 0) is 50.7 Å². The first kappa shape index (κ1) is 48.5. The van der Waals surface area contributed by atoms with Crippen LogP contribution < -0.4 is 29.8 Å². The Hall–Kier alpha value is -5.54. The first-order chi connectivity index (χ1) is 33.3. The molecule has 1 fully saturated rings. The number of anilines is 3. The SMILES string of the molecule is CCOc1ccc2c(c1)CC(NCCCCO)C(=O)N2c1cccc(CN2C(=O)[C@]3(O[C@H](CC(=O)N4Cc5ccccc5C[C@H]4CO)[C@@H]([Si](C)(C)c4ccc(OC)cc4)[C@@H]3C)c3cc(Cl)ccc32)c1. The van der Waals surface area contributed by atoms with E-state index in [0.29, 0.717) is 60.9 Å². The predicted octanol–water partition coefficient (Wildman–Crippen LogP) is 7.80. The topological polar surface area (TPSA) is 141 Å². The van der Waals surface area contributed by atoms with Gasteiger partial charge in [-0.3, -0.25) is 19.3 Å². The summed E-state index contributed by atoms with van der Waals surface area (Å²) in [6, 6.07) is 34.4. The highest BCUT2D eigenvalue weighted by Crippen LogP contribution is 2.60. The monoisotopic (exact) mass is 970 g/mol. The molecule has 5 aromatic rings. The number of amides is 3. The van der Waals surface area contributed by atoms with Crippen molar-refractivity contribution in [1.29, 1.82) is 0 Å². The summed E-state index contributed by atoms with van der Waals surface area (Å²) in [6.07, 6.45) is 1.80. The van der Waals surface area contributed by atoms with Gasteiger partial charge in [-0.05, 0) is 128 Å². The number of benzene rings is 5. The maximum absolute atomic E-state index is 15.8. The fourth-order valence-corrected chi connectivity index (χ4v) is 15.9. The number of halogens is 1. The van der Waals surface area contributed by atoms with Crippen molar-refractivity contribution in [2.45, 2.75) is 101 Å². The molecule has 4 aliphatic heterocycles. The van der Waals surface area contributed by atoms with Crippen molar-refractivity contribution >= 4 is 59.6 Å². The zero-order chi connectivity index (χ0) is 48.6. The fourth-order valence-electron chi connectivity index (χ4n) is 11.7. The predicted molar refractivity (Wildman–Crippen MR) is 271 cm³/mol. The maximum atomic E-state index is 15.8. The number of methoxy groups -OCH3 is 1. The molecule has 3 amide bonds. The number of nitrogens with zero attached hydrogens (tertiary/aromatic N) is 3. The average Bonchev–Trinajstić information content (AvgIpc) is 3.77. The molecule has 362 valence electrons. The Bertz CT molecular complexity index is 2720. The summed E-state index contributed by atoms with van der Waals surface area (Å²) in [7, 11) is -0.972. The zero-order valence-corrected chi connectivity index (χ0v) is 41.9. The molecule has 0 bridgehead atoms. The summed E-state index contributed by atoms with van der Waals surface area (Å²) in [5.74, 6) is 0.642. The van der Waals surface area contributed by atoms with E-state index in [0.717, 1.165) is 51.0 Å². The van der Waals surface area contributed by atoms with Gasteiger partial charge in [-0.25, -0.2) is 0 Å². The molecule has 14 heteroatoms. The number of aliphatic hydroxyl groups excluding tert-OH is 2. The zero-order valence-electron chi connectivity index (χ0n) is 40.1. The molecule has 0 aliphatic carbocycles. The van der Waals surface area contributed by atoms with Gasteiger partial charge in [0.05, 0.1) is 70.9 Å². The van der Waals surface area contributed by atoms with E-state index in [1.54, 1.807) is 27.9 Å². The Kier molecular flexibility index (Phi) is 14.1. The van der Waals surface area contributed by atoms with Crippen LogP contribution in [0.5, 0.6) is 11.5 Å². The Morgan fingerprint density at radius 1 is 0.884 bits per heavy atom. The molecular formula is C55H63ClN4O8Si. The minimum absolute atomic E-state index is 0.0297. The Morgan fingerprint density at radius 3 is 2.38 bits per heavy atom. The smallest absolute Gasteiger partial charge is 0.264 e. The first-order valence-corrected chi connectivity index (χ1v) is 27.7. The van der Waals surface area contributed by atoms with Crippen molar-refractivity contribution in [2.24, 2.45) is 5.92 Å². The lowest BCUT2D eigenvalue weighted by Crippen LogP contribution is -2.52. The lowest BCUT2D eigenvalue weighted by molar-refractivity contribution is -0.151. The number of nitrogens with one attached hydrogen (secondary N) is 1. The van der Waals surface area contributed by atoms with Crippen molar-refractivity contribution < 1.29 is 38.8 Å². The van der Waals surface area contributed by atoms with Crippen LogP contribution in [0.4, 0.5) is 17.1 Å². The van der Waals surface area contributed by atoms with E-state index in [-0.39, 0.29) is 61.4 Å². The largest absolute Gasteiger partial charge is 0.497 e. The number of hydrogen-bond acceptors (Lipinski definition) is 9. The van der Waals surface area contributed by atoms with Gasteiger partial charge in [0.25, 0.3) is 5.91 Å². The van der Waals surface area contributed by atoms with Gasteiger partial charge in [-0.2, -0.15) is 0 Å². The minimum Gasteiger partial charge on any atom is -0.497 e. The lowest BCUT2D eigenvalue weighted by atomic mass is 9.82. The summed E-state index contributed by atoms with van der Waals surface area (Å²) in [6.45, 7) is 10.2. The van der Waals surface area contributed by atoms with Crippen LogP contribution >= 0.6 is 11.6 Å². The molecule has 0 radical (unpaired) electrons. The van der Waals surface area contributed by atoms with Crippen molar-refractivity contribution in [2.75, 3.05) is 43.3 Å². The number of ether oxygens (including phenoxy) is 3. The third kappa shape index (κ3) is 8.98. The van der Waals surface area contributed by atoms with Crippen LogP contribution in [0.1, 0.15) is 60.9 Å². The number of carbonyl (C=O) groups is 3. The van der Waals surface area contributed by atoms with Crippen LogP contribution in [0.15, 0.2) is 109 Å². The van der Waals surface area contributed by atoms with Gasteiger partial charge in [0.15, 0.2) is 5.60 Å². The van der Waals surface area contributed by atoms with Crippen molar-refractivity contribution in [3.8, 4) is 11.5 Å². The molecule has 0 saturated carbocycles. The molecule has 4 aliphatic rings. The first-order valence-electron chi connectivity index (χ1n) is 24.3. The summed E-state index contributed by atoms with van der Waals surface area (Å²) in [4.78, 5) is 50.4. The van der Waals surface area contributed by atoms with Crippen molar-refractivity contribution in [3.63, 3.8) is 0 Å². The molecule has 1 unspecified atom stereocenters. The second-order valence-electron chi connectivity index (χ2n) is 19.5. The second kappa shape index (κ2) is 20.1. The molecule has 9 rings (SSSR count). The van der Waals surface area contributed by atoms with Gasteiger partial charge < -0.3 is 39.5 Å². The second-order valence-corrected chi connectivity index (χ2v) is 24.6. The number of carbonyl (C=O) groups excluding carboxylic acids is 3. The van der Waals surface area contributed by atoms with E-state index in [1.165, 1.54) is 0 Å². The summed E-state index contributed by atoms with van der Waals surface area (Å²) < 4.78 is 18.8. The lowest BCUT2D eigenvalue weighted by Gasteiger charge is -2.39. The number of aliphatic hydroxyl groups is 2. The number of rotatable bonds is 16. The van der Waals surface area contributed by atoms with E-state index < -0.39 is 25.8 Å². The van der Waals surface area contributed by atoms with Gasteiger partial charge >= 0.3 is 0 Å². The van der Waals surface area contributed by atoms with Crippen LogP contribution in [0.3, 0.4) is 0 Å². The van der Waals surface area contributed by atoms with E-state index in [2.05, 4.69) is 43.5 Å². The van der Waals surface area contributed by atoms with E-state index in [4.69, 9.17) is 25.8 Å². The summed E-state index contributed by atoms with van der Waals surface area (Å²) in [5, 5.41) is 25.1. The highest BCUT2D eigenvalue weighted by Gasteiger charge is 2.66. The van der Waals surface area contributed by atoms with E-state index in [1.807, 2.05) is 91.9 Å². The van der Waals surface area contributed by atoms with Gasteiger partial charge in [0.2, 0.25) is 11.8 Å². The summed E-state index contributed by atoms with van der Waals surface area (Å²) in [5.41, 5.74) is 5.07. The summed E-state index contributed by atoms with van der Waals surface area (Å²) >= 11 is 6.85. The van der Waals surface area contributed by atoms with Gasteiger partial charge in [-0.15, -0.1) is 0 Å². The Morgan fingerprint density at radius 2 is 1.64 bits per heavy atom. The van der Waals surface area contributed by atoms with E-state index in [9.17, 15) is 19.8 Å². The number of fused-ring (bicyclic) bond motifs is 4.